The molecule has 78 valence electrons. The Morgan fingerprint density at radius 2 is 1.85 bits per heavy atom. The van der Waals surface area contributed by atoms with Crippen molar-refractivity contribution in [2.24, 2.45) is 0 Å². The zero-order valence-corrected chi connectivity index (χ0v) is 9.56. The summed E-state index contributed by atoms with van der Waals surface area (Å²) >= 11 is 0. The summed E-state index contributed by atoms with van der Waals surface area (Å²) in [6.07, 6.45) is 2.80. The third kappa shape index (κ3) is 2.68. The summed E-state index contributed by atoms with van der Waals surface area (Å²) in [6, 6.07) is 0.731. The van der Waals surface area contributed by atoms with Crippen molar-refractivity contribution >= 4 is 0 Å². The van der Waals surface area contributed by atoms with Crippen molar-refractivity contribution in [3.05, 3.63) is 0 Å². The Morgan fingerprint density at radius 3 is 2.31 bits per heavy atom. The van der Waals surface area contributed by atoms with Crippen LogP contribution < -0.4 is 5.32 Å². The quantitative estimate of drug-likeness (QED) is 0.669. The molecular weight excluding hydrogens is 160 g/mol. The van der Waals surface area contributed by atoms with Crippen molar-refractivity contribution in [3.63, 3.8) is 0 Å². The summed E-state index contributed by atoms with van der Waals surface area (Å²) in [4.78, 5) is 2.59. The van der Waals surface area contributed by atoms with Crippen LogP contribution in [0.5, 0.6) is 0 Å². The average molecular weight is 184 g/mol. The Hall–Kier alpha value is -0.0800. The standard InChI is InChI=1S/C9H18N2.C2H6/c1-8(2)11-6-5-10-9(7-11)3-4-9;1-2/h8,10H,3-7H2,1-2H3;1-2H3. The van der Waals surface area contributed by atoms with Gasteiger partial charge in [-0.2, -0.15) is 0 Å². The molecule has 1 saturated carbocycles. The molecule has 1 saturated heterocycles. The summed E-state index contributed by atoms with van der Waals surface area (Å²) in [5.74, 6) is 0. The lowest BCUT2D eigenvalue weighted by Gasteiger charge is -2.36. The van der Waals surface area contributed by atoms with E-state index < -0.39 is 0 Å². The molecule has 0 bridgehead atoms. The lowest BCUT2D eigenvalue weighted by molar-refractivity contribution is 0.153. The first-order valence-corrected chi connectivity index (χ1v) is 5.71. The zero-order valence-electron chi connectivity index (χ0n) is 9.56. The first-order chi connectivity index (χ1) is 6.22. The smallest absolute Gasteiger partial charge is 0.0310 e. The van der Waals surface area contributed by atoms with Crippen LogP contribution in [0.15, 0.2) is 0 Å². The lowest BCUT2D eigenvalue weighted by atomic mass is 10.1. The Balaban J connectivity index is 0.000000396. The van der Waals surface area contributed by atoms with E-state index in [1.54, 1.807) is 0 Å². The number of piperazine rings is 1. The lowest BCUT2D eigenvalue weighted by Crippen LogP contribution is -2.54. The Bertz CT molecular complexity index is 150. The summed E-state index contributed by atoms with van der Waals surface area (Å²) in [5, 5.41) is 3.61. The molecule has 1 heterocycles. The number of nitrogens with one attached hydrogen (secondary N) is 1. The van der Waals surface area contributed by atoms with Gasteiger partial charge in [-0.1, -0.05) is 13.8 Å². The van der Waals surface area contributed by atoms with Gasteiger partial charge in [-0.05, 0) is 26.7 Å². The van der Waals surface area contributed by atoms with Gasteiger partial charge in [-0.15, -0.1) is 0 Å². The highest BCUT2D eigenvalue weighted by atomic mass is 15.3. The van der Waals surface area contributed by atoms with Gasteiger partial charge in [-0.3, -0.25) is 4.90 Å². The Kier molecular flexibility index (Phi) is 3.74. The molecule has 0 unspecified atom stereocenters. The van der Waals surface area contributed by atoms with Crippen LogP contribution in [0.1, 0.15) is 40.5 Å². The van der Waals surface area contributed by atoms with Crippen molar-refractivity contribution in [1.29, 1.82) is 0 Å². The van der Waals surface area contributed by atoms with Crippen molar-refractivity contribution < 1.29 is 0 Å². The minimum absolute atomic E-state index is 0.558. The largest absolute Gasteiger partial charge is 0.309 e. The molecule has 2 nitrogen and oxygen atoms in total. The highest BCUT2D eigenvalue weighted by Gasteiger charge is 2.45. The van der Waals surface area contributed by atoms with Gasteiger partial charge < -0.3 is 5.32 Å². The van der Waals surface area contributed by atoms with Crippen LogP contribution in [-0.2, 0) is 0 Å². The van der Waals surface area contributed by atoms with E-state index >= 15 is 0 Å². The fourth-order valence-electron chi connectivity index (χ4n) is 1.91. The summed E-state index contributed by atoms with van der Waals surface area (Å²) in [6.45, 7) is 12.3. The van der Waals surface area contributed by atoms with Gasteiger partial charge in [0, 0.05) is 31.2 Å². The van der Waals surface area contributed by atoms with Crippen LogP contribution in [-0.4, -0.2) is 36.1 Å². The van der Waals surface area contributed by atoms with Gasteiger partial charge >= 0.3 is 0 Å². The first-order valence-electron chi connectivity index (χ1n) is 5.71. The molecule has 0 aromatic rings. The summed E-state index contributed by atoms with van der Waals surface area (Å²) < 4.78 is 0. The molecule has 0 amide bonds. The van der Waals surface area contributed by atoms with Crippen LogP contribution in [0.25, 0.3) is 0 Å². The summed E-state index contributed by atoms with van der Waals surface area (Å²) in [5.41, 5.74) is 0.558. The van der Waals surface area contributed by atoms with E-state index in [1.165, 1.54) is 32.5 Å². The molecule has 0 radical (unpaired) electrons. The van der Waals surface area contributed by atoms with E-state index in [4.69, 9.17) is 0 Å². The molecule has 0 aromatic heterocycles. The fraction of sp³-hybridized carbons (Fsp3) is 1.00. The molecule has 1 aliphatic carbocycles. The molecule has 2 heteroatoms. The Morgan fingerprint density at radius 1 is 1.23 bits per heavy atom. The van der Waals surface area contributed by atoms with E-state index in [9.17, 15) is 0 Å². The minimum Gasteiger partial charge on any atom is -0.309 e. The maximum absolute atomic E-state index is 3.61. The van der Waals surface area contributed by atoms with Gasteiger partial charge in [0.05, 0.1) is 0 Å². The van der Waals surface area contributed by atoms with Crippen LogP contribution in [0, 0.1) is 0 Å². The molecule has 0 aromatic carbocycles. The van der Waals surface area contributed by atoms with Crippen LogP contribution >= 0.6 is 0 Å². The third-order valence-electron chi connectivity index (χ3n) is 2.99. The van der Waals surface area contributed by atoms with Gasteiger partial charge in [-0.25, -0.2) is 0 Å². The van der Waals surface area contributed by atoms with Crippen molar-refractivity contribution in [2.75, 3.05) is 19.6 Å². The monoisotopic (exact) mass is 184 g/mol. The van der Waals surface area contributed by atoms with E-state index in [-0.39, 0.29) is 0 Å². The molecule has 1 spiro atoms. The second kappa shape index (κ2) is 4.43. The predicted molar refractivity (Wildman–Crippen MR) is 58.0 cm³/mol. The molecule has 0 atom stereocenters. The maximum atomic E-state index is 3.61. The van der Waals surface area contributed by atoms with Crippen LogP contribution in [0.4, 0.5) is 0 Å². The highest BCUT2D eigenvalue weighted by molar-refractivity contribution is 5.06. The SMILES string of the molecule is CC.CC(C)N1CCNC2(CC2)C1. The number of rotatable bonds is 1. The summed E-state index contributed by atoms with van der Waals surface area (Å²) in [7, 11) is 0. The Labute approximate surface area is 82.7 Å². The van der Waals surface area contributed by atoms with Gasteiger partial charge in [0.15, 0.2) is 0 Å². The number of hydrogen-bond acceptors (Lipinski definition) is 2. The molecule has 2 rings (SSSR count). The van der Waals surface area contributed by atoms with E-state index in [0.29, 0.717) is 5.54 Å². The molecule has 13 heavy (non-hydrogen) atoms. The van der Waals surface area contributed by atoms with Gasteiger partial charge in [0.25, 0.3) is 0 Å². The number of hydrogen-bond donors (Lipinski definition) is 1. The third-order valence-corrected chi connectivity index (χ3v) is 2.99. The maximum Gasteiger partial charge on any atom is 0.0310 e. The molecule has 1 aliphatic heterocycles. The van der Waals surface area contributed by atoms with Crippen LogP contribution in [0.3, 0.4) is 0 Å². The second-order valence-electron chi connectivity index (χ2n) is 4.27. The molecule has 2 aliphatic rings. The van der Waals surface area contributed by atoms with E-state index in [0.717, 1.165) is 6.04 Å². The zero-order chi connectivity index (χ0) is 9.90. The average Bonchev–Trinajstić information content (AvgIpc) is 2.88. The van der Waals surface area contributed by atoms with E-state index in [1.807, 2.05) is 13.8 Å². The van der Waals surface area contributed by atoms with E-state index in [2.05, 4.69) is 24.1 Å². The predicted octanol–water partition coefficient (Wildman–Crippen LogP) is 1.86. The molecule has 1 N–H and O–H groups in total. The van der Waals surface area contributed by atoms with Crippen molar-refractivity contribution in [3.8, 4) is 0 Å². The van der Waals surface area contributed by atoms with Crippen LogP contribution in [0.2, 0.25) is 0 Å². The van der Waals surface area contributed by atoms with Crippen molar-refractivity contribution in [2.45, 2.75) is 52.1 Å². The topological polar surface area (TPSA) is 15.3 Å². The fourth-order valence-corrected chi connectivity index (χ4v) is 1.91. The minimum atomic E-state index is 0.558. The van der Waals surface area contributed by atoms with Gasteiger partial charge in [0.1, 0.15) is 0 Å². The highest BCUT2D eigenvalue weighted by Crippen LogP contribution is 2.37. The second-order valence-corrected chi connectivity index (χ2v) is 4.27. The first kappa shape index (κ1) is 11.0. The molecule has 2 fully saturated rings. The van der Waals surface area contributed by atoms with Crippen molar-refractivity contribution in [1.82, 2.24) is 10.2 Å². The molecular formula is C11H24N2. The number of nitrogens with zero attached hydrogens (tertiary/aromatic N) is 1. The normalized spacial score (nSPS) is 25.6. The van der Waals surface area contributed by atoms with Gasteiger partial charge in [0.2, 0.25) is 0 Å².